The standard InChI is InChI=1S/C21H16N4O3S.Na.H/c22-20-16-10-5-4-9-15(16)19(29(26,27)28)13-18(20)25-24-17-11-6-12-23-21(17)14-7-2-1-3-8-14;;/h1-13H,22H2,(H,26,27,28);;/b25-24+;;. The minimum absolute atomic E-state index is 0. The molecule has 0 aliphatic heterocycles. The fourth-order valence-corrected chi connectivity index (χ4v) is 3.77. The molecule has 7 nitrogen and oxygen atoms in total. The molecule has 0 aliphatic rings. The molecule has 1 heterocycles. The summed E-state index contributed by atoms with van der Waals surface area (Å²) in [5, 5.41) is 9.20. The number of nitrogen functional groups attached to an aromatic ring is 1. The summed E-state index contributed by atoms with van der Waals surface area (Å²) < 4.78 is 33.3. The van der Waals surface area contributed by atoms with Crippen LogP contribution in [-0.4, -0.2) is 47.5 Å². The molecule has 0 radical (unpaired) electrons. The second kappa shape index (κ2) is 9.03. The van der Waals surface area contributed by atoms with Crippen LogP contribution in [0.4, 0.5) is 17.1 Å². The van der Waals surface area contributed by atoms with Crippen molar-refractivity contribution in [2.75, 3.05) is 5.73 Å². The van der Waals surface area contributed by atoms with Crippen LogP contribution >= 0.6 is 0 Å². The number of pyridine rings is 1. The van der Waals surface area contributed by atoms with Gasteiger partial charge in [0, 0.05) is 22.5 Å². The zero-order chi connectivity index (χ0) is 20.4. The summed E-state index contributed by atoms with van der Waals surface area (Å²) >= 11 is 0. The van der Waals surface area contributed by atoms with E-state index in [2.05, 4.69) is 15.2 Å². The number of nitrogens with two attached hydrogens (primary N) is 1. The maximum atomic E-state index is 11.9. The number of hydrogen-bond acceptors (Lipinski definition) is 6. The number of anilines is 1. The fraction of sp³-hybridized carbons (Fsp3) is 0. The number of azo groups is 1. The monoisotopic (exact) mass is 428 g/mol. The fourth-order valence-electron chi connectivity index (χ4n) is 3.05. The van der Waals surface area contributed by atoms with Crippen LogP contribution in [0.5, 0.6) is 0 Å². The Labute approximate surface area is 195 Å². The van der Waals surface area contributed by atoms with Gasteiger partial charge in [-0.15, -0.1) is 10.2 Å². The van der Waals surface area contributed by atoms with Crippen molar-refractivity contribution in [2.45, 2.75) is 4.90 Å². The van der Waals surface area contributed by atoms with E-state index in [-0.39, 0.29) is 45.8 Å². The Morgan fingerprint density at radius 2 is 1.47 bits per heavy atom. The molecule has 4 rings (SSSR count). The van der Waals surface area contributed by atoms with Crippen LogP contribution in [0.25, 0.3) is 22.0 Å². The Morgan fingerprint density at radius 1 is 0.833 bits per heavy atom. The molecule has 0 fully saturated rings. The topological polar surface area (TPSA) is 118 Å². The summed E-state index contributed by atoms with van der Waals surface area (Å²) in [6.45, 7) is 0. The third-order valence-electron chi connectivity index (χ3n) is 4.40. The van der Waals surface area contributed by atoms with Gasteiger partial charge in [-0.25, -0.2) is 0 Å². The molecular formula is C21H17N4NaO3S. The van der Waals surface area contributed by atoms with Gasteiger partial charge in [-0.05, 0) is 18.2 Å². The van der Waals surface area contributed by atoms with Crippen molar-refractivity contribution in [1.82, 2.24) is 4.98 Å². The van der Waals surface area contributed by atoms with Gasteiger partial charge in [-0.2, -0.15) is 8.42 Å². The summed E-state index contributed by atoms with van der Waals surface area (Å²) in [7, 11) is -4.47. The molecule has 0 unspecified atom stereocenters. The van der Waals surface area contributed by atoms with Crippen LogP contribution in [0.15, 0.2) is 94.1 Å². The zero-order valence-corrected chi connectivity index (χ0v) is 15.9. The SMILES string of the molecule is Nc1c(/N=N/c2cccnc2-c2ccccc2)cc(S(=O)(=O)O)c2ccccc12.[NaH]. The van der Waals surface area contributed by atoms with E-state index in [4.69, 9.17) is 5.73 Å². The van der Waals surface area contributed by atoms with E-state index in [1.807, 2.05) is 30.3 Å². The van der Waals surface area contributed by atoms with E-state index in [0.29, 0.717) is 22.2 Å². The van der Waals surface area contributed by atoms with E-state index < -0.39 is 10.1 Å². The van der Waals surface area contributed by atoms with Crippen molar-refractivity contribution >= 4 is 67.5 Å². The minimum atomic E-state index is -4.47. The van der Waals surface area contributed by atoms with Gasteiger partial charge in [0.1, 0.15) is 16.3 Å². The summed E-state index contributed by atoms with van der Waals surface area (Å²) in [4.78, 5) is 4.10. The summed E-state index contributed by atoms with van der Waals surface area (Å²) in [5.41, 5.74) is 8.60. The molecule has 0 aliphatic carbocycles. The molecular weight excluding hydrogens is 411 g/mol. The van der Waals surface area contributed by atoms with E-state index in [0.717, 1.165) is 5.56 Å². The molecule has 0 saturated heterocycles. The predicted molar refractivity (Wildman–Crippen MR) is 119 cm³/mol. The number of hydrogen-bond donors (Lipinski definition) is 2. The first-order valence-corrected chi connectivity index (χ1v) is 10.1. The van der Waals surface area contributed by atoms with Gasteiger partial charge in [-0.1, -0.05) is 54.6 Å². The summed E-state index contributed by atoms with van der Waals surface area (Å²) in [6, 6.07) is 20.8. The van der Waals surface area contributed by atoms with Crippen LogP contribution in [0.3, 0.4) is 0 Å². The van der Waals surface area contributed by atoms with Crippen LogP contribution in [0.2, 0.25) is 0 Å². The molecule has 30 heavy (non-hydrogen) atoms. The Balaban J connectivity index is 0.00000256. The van der Waals surface area contributed by atoms with Gasteiger partial charge in [0.05, 0.1) is 11.4 Å². The Kier molecular flexibility index (Phi) is 6.64. The van der Waals surface area contributed by atoms with Crippen LogP contribution < -0.4 is 5.73 Å². The first kappa shape index (κ1) is 22.1. The van der Waals surface area contributed by atoms with Gasteiger partial charge in [0.25, 0.3) is 10.1 Å². The van der Waals surface area contributed by atoms with Gasteiger partial charge in [-0.3, -0.25) is 9.54 Å². The van der Waals surface area contributed by atoms with Crippen molar-refractivity contribution in [3.63, 3.8) is 0 Å². The normalized spacial score (nSPS) is 11.5. The molecule has 146 valence electrons. The molecule has 0 bridgehead atoms. The molecule has 9 heteroatoms. The second-order valence-corrected chi connectivity index (χ2v) is 7.66. The van der Waals surface area contributed by atoms with Gasteiger partial charge in [0.15, 0.2) is 0 Å². The van der Waals surface area contributed by atoms with Crippen molar-refractivity contribution in [3.05, 3.63) is 79.0 Å². The Morgan fingerprint density at radius 3 is 2.17 bits per heavy atom. The molecule has 1 aromatic heterocycles. The average Bonchev–Trinajstić information content (AvgIpc) is 2.73. The third-order valence-corrected chi connectivity index (χ3v) is 5.30. The molecule has 3 N–H and O–H groups in total. The number of aromatic nitrogens is 1. The first-order chi connectivity index (χ1) is 13.9. The van der Waals surface area contributed by atoms with E-state index >= 15 is 0 Å². The second-order valence-electron chi connectivity index (χ2n) is 6.27. The number of nitrogens with zero attached hydrogens (tertiary/aromatic N) is 3. The average molecular weight is 428 g/mol. The zero-order valence-electron chi connectivity index (χ0n) is 15.1. The summed E-state index contributed by atoms with van der Waals surface area (Å²) in [6.07, 6.45) is 1.65. The molecule has 0 atom stereocenters. The van der Waals surface area contributed by atoms with Crippen molar-refractivity contribution in [2.24, 2.45) is 10.2 Å². The summed E-state index contributed by atoms with van der Waals surface area (Å²) in [5.74, 6) is 0. The van der Waals surface area contributed by atoms with E-state index in [1.165, 1.54) is 6.07 Å². The molecule has 3 aromatic carbocycles. The van der Waals surface area contributed by atoms with E-state index in [1.54, 1.807) is 42.6 Å². The molecule has 0 amide bonds. The maximum absolute atomic E-state index is 11.9. The van der Waals surface area contributed by atoms with Crippen molar-refractivity contribution < 1.29 is 13.0 Å². The molecule has 4 aromatic rings. The van der Waals surface area contributed by atoms with Crippen LogP contribution in [0.1, 0.15) is 0 Å². The molecule has 0 saturated carbocycles. The first-order valence-electron chi connectivity index (χ1n) is 8.66. The Bertz CT molecular complexity index is 1340. The number of benzene rings is 3. The number of rotatable bonds is 4. The van der Waals surface area contributed by atoms with Crippen LogP contribution in [0, 0.1) is 0 Å². The van der Waals surface area contributed by atoms with Gasteiger partial charge >= 0.3 is 29.6 Å². The predicted octanol–water partition coefficient (Wildman–Crippen LogP) is 4.50. The van der Waals surface area contributed by atoms with Crippen LogP contribution in [-0.2, 0) is 10.1 Å². The van der Waals surface area contributed by atoms with Gasteiger partial charge < -0.3 is 5.73 Å². The third kappa shape index (κ3) is 4.43. The van der Waals surface area contributed by atoms with Gasteiger partial charge in [0.2, 0.25) is 0 Å². The van der Waals surface area contributed by atoms with E-state index in [9.17, 15) is 13.0 Å². The van der Waals surface area contributed by atoms with Crippen molar-refractivity contribution in [1.29, 1.82) is 0 Å². The van der Waals surface area contributed by atoms with Crippen molar-refractivity contribution in [3.8, 4) is 11.3 Å². The Hall–Kier alpha value is -2.62. The number of fused-ring (bicyclic) bond motifs is 1. The molecule has 0 spiro atoms. The quantitative estimate of drug-likeness (QED) is 0.215.